The molecule has 5 heteroatoms. The van der Waals surface area contributed by atoms with E-state index >= 15 is 0 Å². The number of hydrogen-bond acceptors (Lipinski definition) is 3. The Morgan fingerprint density at radius 1 is 1.40 bits per heavy atom. The average Bonchev–Trinajstić information content (AvgIpc) is 3.24. The summed E-state index contributed by atoms with van der Waals surface area (Å²) in [6.45, 7) is 0.593. The van der Waals surface area contributed by atoms with Gasteiger partial charge in [0.2, 0.25) is 0 Å². The maximum atomic E-state index is 12.6. The summed E-state index contributed by atoms with van der Waals surface area (Å²) >= 11 is 3.38. The Morgan fingerprint density at radius 3 is 2.80 bits per heavy atom. The predicted octanol–water partition coefficient (Wildman–Crippen LogP) is 2.96. The highest BCUT2D eigenvalue weighted by molar-refractivity contribution is 9.10. The lowest BCUT2D eigenvalue weighted by Crippen LogP contribution is -2.27. The second-order valence-electron chi connectivity index (χ2n) is 5.11. The van der Waals surface area contributed by atoms with Gasteiger partial charge in [-0.15, -0.1) is 0 Å². The smallest absolute Gasteiger partial charge is 0.354 e. The molecule has 0 spiro atoms. The Labute approximate surface area is 124 Å². The van der Waals surface area contributed by atoms with Crippen molar-refractivity contribution in [1.82, 2.24) is 4.57 Å². The summed E-state index contributed by atoms with van der Waals surface area (Å²) in [6.07, 6.45) is 2.23. The molecular weight excluding hydrogens is 322 g/mol. The predicted molar refractivity (Wildman–Crippen MR) is 80.0 cm³/mol. The summed E-state index contributed by atoms with van der Waals surface area (Å²) < 4.78 is 7.23. The third kappa shape index (κ3) is 2.38. The number of methoxy groups -OCH3 is 1. The summed E-state index contributed by atoms with van der Waals surface area (Å²) in [6, 6.07) is 7.19. The Hall–Kier alpha value is -1.62. The number of halogens is 1. The van der Waals surface area contributed by atoms with Crippen molar-refractivity contribution < 1.29 is 9.53 Å². The second-order valence-corrected chi connectivity index (χ2v) is 6.03. The van der Waals surface area contributed by atoms with Crippen LogP contribution in [0.5, 0.6) is 0 Å². The van der Waals surface area contributed by atoms with Crippen LogP contribution in [0.3, 0.4) is 0 Å². The maximum Gasteiger partial charge on any atom is 0.354 e. The summed E-state index contributed by atoms with van der Waals surface area (Å²) in [4.78, 5) is 24.5. The van der Waals surface area contributed by atoms with Crippen molar-refractivity contribution in [1.29, 1.82) is 0 Å². The quantitative estimate of drug-likeness (QED) is 0.810. The number of hydrogen-bond donors (Lipinski definition) is 0. The first kappa shape index (κ1) is 13.4. The Balaban J connectivity index is 2.26. The van der Waals surface area contributed by atoms with Crippen LogP contribution >= 0.6 is 15.9 Å². The van der Waals surface area contributed by atoms with Gasteiger partial charge in [0.25, 0.3) is 5.56 Å². The summed E-state index contributed by atoms with van der Waals surface area (Å²) in [5.41, 5.74) is 0.206. The molecule has 20 heavy (non-hydrogen) atoms. The van der Waals surface area contributed by atoms with Gasteiger partial charge in [0.15, 0.2) is 0 Å². The number of carbonyl (C=O) groups excluding carboxylic acids is 1. The number of benzene rings is 1. The van der Waals surface area contributed by atoms with E-state index in [1.54, 1.807) is 16.7 Å². The SMILES string of the molecule is COC(=O)c1cc2cc(Br)ccc2c(=O)n1CC1CC1. The number of fused-ring (bicyclic) bond motifs is 1. The lowest BCUT2D eigenvalue weighted by Gasteiger charge is -2.12. The molecule has 0 atom stereocenters. The van der Waals surface area contributed by atoms with Gasteiger partial charge in [-0.1, -0.05) is 15.9 Å². The van der Waals surface area contributed by atoms with Crippen LogP contribution in [0.25, 0.3) is 10.8 Å². The molecule has 3 rings (SSSR count). The first-order valence-corrected chi connectivity index (χ1v) is 7.31. The van der Waals surface area contributed by atoms with Crippen molar-refractivity contribution in [2.75, 3.05) is 7.11 Å². The molecule has 4 nitrogen and oxygen atoms in total. The lowest BCUT2D eigenvalue weighted by molar-refractivity contribution is 0.0586. The molecule has 0 aliphatic heterocycles. The molecule has 0 saturated heterocycles. The molecule has 0 bridgehead atoms. The topological polar surface area (TPSA) is 48.3 Å². The van der Waals surface area contributed by atoms with Crippen molar-refractivity contribution in [3.63, 3.8) is 0 Å². The van der Waals surface area contributed by atoms with Gasteiger partial charge in [-0.3, -0.25) is 4.79 Å². The van der Waals surface area contributed by atoms with Gasteiger partial charge >= 0.3 is 5.97 Å². The fraction of sp³-hybridized carbons (Fsp3) is 0.333. The zero-order chi connectivity index (χ0) is 14.3. The number of esters is 1. The van der Waals surface area contributed by atoms with Gasteiger partial charge in [-0.2, -0.15) is 0 Å². The van der Waals surface area contributed by atoms with Crippen LogP contribution < -0.4 is 5.56 Å². The molecule has 1 aliphatic rings. The molecule has 0 unspecified atom stereocenters. The Bertz CT molecular complexity index is 747. The van der Waals surface area contributed by atoms with E-state index in [9.17, 15) is 9.59 Å². The van der Waals surface area contributed by atoms with Crippen LogP contribution in [-0.2, 0) is 11.3 Å². The van der Waals surface area contributed by atoms with E-state index in [0.717, 1.165) is 22.7 Å². The minimum Gasteiger partial charge on any atom is -0.464 e. The van der Waals surface area contributed by atoms with E-state index < -0.39 is 5.97 Å². The van der Waals surface area contributed by atoms with Crippen molar-refractivity contribution in [2.24, 2.45) is 5.92 Å². The van der Waals surface area contributed by atoms with Gasteiger partial charge in [-0.25, -0.2) is 4.79 Å². The van der Waals surface area contributed by atoms with E-state index in [-0.39, 0.29) is 5.56 Å². The first-order chi connectivity index (χ1) is 9.60. The van der Waals surface area contributed by atoms with E-state index in [2.05, 4.69) is 15.9 Å². The van der Waals surface area contributed by atoms with Crippen LogP contribution in [0.4, 0.5) is 0 Å². The zero-order valence-corrected chi connectivity index (χ0v) is 12.6. The van der Waals surface area contributed by atoms with Crippen molar-refractivity contribution >= 4 is 32.7 Å². The molecule has 2 aromatic rings. The number of rotatable bonds is 3. The molecule has 1 aliphatic carbocycles. The highest BCUT2D eigenvalue weighted by Crippen LogP contribution is 2.31. The normalized spacial score (nSPS) is 14.5. The second kappa shape index (κ2) is 5.05. The minimum absolute atomic E-state index is 0.123. The largest absolute Gasteiger partial charge is 0.464 e. The number of nitrogens with zero attached hydrogens (tertiary/aromatic N) is 1. The molecule has 1 saturated carbocycles. The molecule has 1 heterocycles. The highest BCUT2D eigenvalue weighted by atomic mass is 79.9. The average molecular weight is 336 g/mol. The zero-order valence-electron chi connectivity index (χ0n) is 11.1. The first-order valence-electron chi connectivity index (χ1n) is 6.51. The van der Waals surface area contributed by atoms with Crippen LogP contribution in [0.1, 0.15) is 23.3 Å². The van der Waals surface area contributed by atoms with E-state index in [1.807, 2.05) is 12.1 Å². The third-order valence-electron chi connectivity index (χ3n) is 3.60. The molecule has 0 amide bonds. The summed E-state index contributed by atoms with van der Waals surface area (Å²) in [7, 11) is 1.33. The Morgan fingerprint density at radius 2 is 2.15 bits per heavy atom. The van der Waals surface area contributed by atoms with Gasteiger partial charge in [0, 0.05) is 16.4 Å². The van der Waals surface area contributed by atoms with Crippen molar-refractivity contribution in [3.05, 3.63) is 44.8 Å². The highest BCUT2D eigenvalue weighted by Gasteiger charge is 2.25. The molecular formula is C15H14BrNO3. The Kier molecular flexibility index (Phi) is 3.38. The molecule has 1 fully saturated rings. The summed E-state index contributed by atoms with van der Waals surface area (Å²) in [5.74, 6) is 0.0358. The number of ether oxygens (including phenoxy) is 1. The van der Waals surface area contributed by atoms with Gasteiger partial charge in [-0.05, 0) is 48.4 Å². The van der Waals surface area contributed by atoms with E-state index in [1.165, 1.54) is 7.11 Å². The van der Waals surface area contributed by atoms with Gasteiger partial charge in [0.05, 0.1) is 7.11 Å². The lowest BCUT2D eigenvalue weighted by atomic mass is 10.1. The number of pyridine rings is 1. The third-order valence-corrected chi connectivity index (χ3v) is 4.10. The molecule has 0 N–H and O–H groups in total. The maximum absolute atomic E-state index is 12.6. The van der Waals surface area contributed by atoms with Crippen LogP contribution in [-0.4, -0.2) is 17.6 Å². The van der Waals surface area contributed by atoms with Crippen LogP contribution in [0.2, 0.25) is 0 Å². The number of aromatic nitrogens is 1. The molecule has 1 aromatic carbocycles. The van der Waals surface area contributed by atoms with E-state index in [4.69, 9.17) is 4.74 Å². The van der Waals surface area contributed by atoms with Crippen LogP contribution in [0.15, 0.2) is 33.5 Å². The van der Waals surface area contributed by atoms with E-state index in [0.29, 0.717) is 23.5 Å². The van der Waals surface area contributed by atoms with Crippen molar-refractivity contribution in [3.8, 4) is 0 Å². The molecule has 104 valence electrons. The minimum atomic E-state index is -0.468. The summed E-state index contributed by atoms with van der Waals surface area (Å²) in [5, 5.41) is 1.37. The fourth-order valence-corrected chi connectivity index (χ4v) is 2.72. The van der Waals surface area contributed by atoms with Gasteiger partial charge < -0.3 is 9.30 Å². The van der Waals surface area contributed by atoms with Gasteiger partial charge in [0.1, 0.15) is 5.69 Å². The fourth-order valence-electron chi connectivity index (χ4n) is 2.34. The monoisotopic (exact) mass is 335 g/mol. The standard InChI is InChI=1S/C15H14BrNO3/c1-20-15(19)13-7-10-6-11(16)4-5-12(10)14(18)17(13)8-9-2-3-9/h4-7,9H,2-3,8H2,1H3. The molecule has 0 radical (unpaired) electrons. The number of carbonyl (C=O) groups is 1. The van der Waals surface area contributed by atoms with Crippen LogP contribution in [0, 0.1) is 5.92 Å². The van der Waals surface area contributed by atoms with Crippen molar-refractivity contribution in [2.45, 2.75) is 19.4 Å². The molecule has 1 aromatic heterocycles.